The summed E-state index contributed by atoms with van der Waals surface area (Å²) in [7, 11) is 0. The molecule has 1 heterocycles. The molecule has 2 rings (SSSR count). The normalized spacial score (nSPS) is 9.74. The van der Waals surface area contributed by atoms with Crippen molar-refractivity contribution in [2.45, 2.75) is 6.92 Å². The summed E-state index contributed by atoms with van der Waals surface area (Å²) in [6, 6.07) is 7.44. The van der Waals surface area contributed by atoms with E-state index in [1.807, 2.05) is 6.92 Å². The molecule has 1 amide bonds. The SMILES string of the molecule is Cc1ccc(C(=O)N=N)c(-n2c(O)ccc2O)c1.Cl. The monoisotopic (exact) mass is 281 g/mol. The van der Waals surface area contributed by atoms with E-state index in [0.29, 0.717) is 0 Å². The van der Waals surface area contributed by atoms with Gasteiger partial charge in [-0.05, 0) is 24.6 Å². The number of halogens is 1. The topological polar surface area (TPSA) is 98.7 Å². The Hall–Kier alpha value is -2.34. The molecule has 100 valence electrons. The largest absolute Gasteiger partial charge is 0.494 e. The Morgan fingerprint density at radius 2 is 1.79 bits per heavy atom. The molecule has 0 bridgehead atoms. The molecule has 0 unspecified atom stereocenters. The highest BCUT2D eigenvalue weighted by molar-refractivity contribution is 5.98. The molecule has 3 N–H and O–H groups in total. The van der Waals surface area contributed by atoms with Crippen LogP contribution in [-0.4, -0.2) is 20.7 Å². The van der Waals surface area contributed by atoms with Gasteiger partial charge in [0.05, 0.1) is 11.3 Å². The Labute approximate surface area is 115 Å². The Kier molecular flexibility index (Phi) is 4.29. The molecule has 0 aliphatic heterocycles. The second kappa shape index (κ2) is 5.53. The maximum absolute atomic E-state index is 11.5. The van der Waals surface area contributed by atoms with Gasteiger partial charge in [-0.3, -0.25) is 9.36 Å². The van der Waals surface area contributed by atoms with Crippen molar-refractivity contribution in [1.82, 2.24) is 4.57 Å². The number of benzene rings is 1. The van der Waals surface area contributed by atoms with Crippen LogP contribution < -0.4 is 0 Å². The lowest BCUT2D eigenvalue weighted by molar-refractivity contribution is 0.0991. The van der Waals surface area contributed by atoms with E-state index in [1.165, 1.54) is 18.2 Å². The number of nitrogens with one attached hydrogen (secondary N) is 1. The average molecular weight is 282 g/mol. The van der Waals surface area contributed by atoms with Crippen molar-refractivity contribution < 1.29 is 15.0 Å². The van der Waals surface area contributed by atoms with Gasteiger partial charge in [-0.2, -0.15) is 0 Å². The van der Waals surface area contributed by atoms with Crippen LogP contribution in [0.4, 0.5) is 0 Å². The summed E-state index contributed by atoms with van der Waals surface area (Å²) in [4.78, 5) is 11.5. The molecular weight excluding hydrogens is 270 g/mol. The number of carbonyl (C=O) groups excluding carboxylic acids is 1. The third kappa shape index (κ3) is 2.58. The highest BCUT2D eigenvalue weighted by atomic mass is 35.5. The van der Waals surface area contributed by atoms with Crippen molar-refractivity contribution in [1.29, 1.82) is 5.53 Å². The van der Waals surface area contributed by atoms with Gasteiger partial charge in [0.1, 0.15) is 0 Å². The van der Waals surface area contributed by atoms with Gasteiger partial charge in [-0.25, -0.2) is 5.53 Å². The minimum absolute atomic E-state index is 0. The molecule has 0 fully saturated rings. The van der Waals surface area contributed by atoms with Crippen molar-refractivity contribution in [3.63, 3.8) is 0 Å². The fourth-order valence-corrected chi connectivity index (χ4v) is 1.73. The van der Waals surface area contributed by atoms with Crippen LogP contribution in [0.5, 0.6) is 11.8 Å². The standard InChI is InChI=1S/C12H11N3O3.ClH/c1-7-2-3-8(12(18)14-13)9(6-7)15-10(16)4-5-11(15)17;/h2-6,13,16-17H,1H3;1H. The van der Waals surface area contributed by atoms with Crippen molar-refractivity contribution in [3.05, 3.63) is 41.5 Å². The van der Waals surface area contributed by atoms with Crippen LogP contribution in [0, 0.1) is 12.5 Å². The summed E-state index contributed by atoms with van der Waals surface area (Å²) in [6.07, 6.45) is 0. The number of aromatic nitrogens is 1. The van der Waals surface area contributed by atoms with Crippen molar-refractivity contribution in [2.24, 2.45) is 5.11 Å². The smallest absolute Gasteiger partial charge is 0.296 e. The Morgan fingerprint density at radius 3 is 2.32 bits per heavy atom. The second-order valence-electron chi connectivity index (χ2n) is 3.82. The summed E-state index contributed by atoms with van der Waals surface area (Å²) < 4.78 is 1.12. The summed E-state index contributed by atoms with van der Waals surface area (Å²) in [6.45, 7) is 1.81. The number of carbonyl (C=O) groups is 1. The van der Waals surface area contributed by atoms with Crippen LogP contribution in [0.25, 0.3) is 5.69 Å². The zero-order valence-electron chi connectivity index (χ0n) is 9.99. The molecular formula is C12H12ClN3O3. The van der Waals surface area contributed by atoms with Crippen molar-refractivity contribution in [2.75, 3.05) is 0 Å². The molecule has 7 heteroatoms. The number of nitrogens with zero attached hydrogens (tertiary/aromatic N) is 2. The molecule has 0 radical (unpaired) electrons. The van der Waals surface area contributed by atoms with E-state index >= 15 is 0 Å². The van der Waals surface area contributed by atoms with E-state index in [-0.39, 0.29) is 35.4 Å². The lowest BCUT2D eigenvalue weighted by Crippen LogP contribution is -2.04. The van der Waals surface area contributed by atoms with Gasteiger partial charge in [0.2, 0.25) is 0 Å². The summed E-state index contributed by atoms with van der Waals surface area (Å²) in [5.41, 5.74) is 8.04. The van der Waals surface area contributed by atoms with Crippen LogP contribution in [-0.2, 0) is 0 Å². The first kappa shape index (κ1) is 14.7. The molecule has 1 aromatic carbocycles. The van der Waals surface area contributed by atoms with E-state index in [4.69, 9.17) is 5.53 Å². The molecule has 19 heavy (non-hydrogen) atoms. The predicted octanol–water partition coefficient (Wildman–Crippen LogP) is 2.79. The quantitative estimate of drug-likeness (QED) is 0.738. The van der Waals surface area contributed by atoms with Crippen LogP contribution in [0.15, 0.2) is 35.4 Å². The number of hydrogen-bond donors (Lipinski definition) is 3. The predicted molar refractivity (Wildman–Crippen MR) is 70.6 cm³/mol. The fraction of sp³-hybridized carbons (Fsp3) is 0.0833. The van der Waals surface area contributed by atoms with Gasteiger partial charge in [0.15, 0.2) is 11.8 Å². The molecule has 1 aromatic heterocycles. The third-order valence-corrected chi connectivity index (χ3v) is 2.57. The van der Waals surface area contributed by atoms with Crippen LogP contribution in [0.2, 0.25) is 0 Å². The minimum Gasteiger partial charge on any atom is -0.494 e. The van der Waals surface area contributed by atoms with E-state index < -0.39 is 5.91 Å². The van der Waals surface area contributed by atoms with Gasteiger partial charge in [0.25, 0.3) is 5.91 Å². The van der Waals surface area contributed by atoms with Gasteiger partial charge >= 0.3 is 0 Å². The molecule has 0 aliphatic rings. The zero-order chi connectivity index (χ0) is 13.3. The van der Waals surface area contributed by atoms with E-state index in [1.54, 1.807) is 12.1 Å². The lowest BCUT2D eigenvalue weighted by Gasteiger charge is -2.11. The summed E-state index contributed by atoms with van der Waals surface area (Å²) in [5.74, 6) is -1.13. The molecule has 0 saturated heterocycles. The van der Waals surface area contributed by atoms with E-state index in [2.05, 4.69) is 5.11 Å². The van der Waals surface area contributed by atoms with Gasteiger partial charge in [-0.1, -0.05) is 6.07 Å². The summed E-state index contributed by atoms with van der Waals surface area (Å²) >= 11 is 0. The Bertz CT molecular complexity index is 618. The number of hydrogen-bond acceptors (Lipinski definition) is 4. The molecule has 0 saturated carbocycles. The molecule has 0 aliphatic carbocycles. The van der Waals surface area contributed by atoms with E-state index in [0.717, 1.165) is 10.1 Å². The molecule has 0 atom stereocenters. The van der Waals surface area contributed by atoms with Gasteiger partial charge in [-0.15, -0.1) is 17.5 Å². The maximum atomic E-state index is 11.5. The molecule has 0 spiro atoms. The first-order chi connectivity index (χ1) is 8.54. The number of rotatable bonds is 2. The van der Waals surface area contributed by atoms with Gasteiger partial charge < -0.3 is 10.2 Å². The fourth-order valence-electron chi connectivity index (χ4n) is 1.73. The number of aromatic hydroxyl groups is 2. The average Bonchev–Trinajstić information content (AvgIpc) is 2.68. The minimum atomic E-state index is -0.738. The number of amides is 1. The van der Waals surface area contributed by atoms with Gasteiger partial charge in [0, 0.05) is 12.1 Å². The Morgan fingerprint density at radius 1 is 1.21 bits per heavy atom. The molecule has 2 aromatic rings. The maximum Gasteiger partial charge on any atom is 0.296 e. The highest BCUT2D eigenvalue weighted by Gasteiger charge is 2.16. The summed E-state index contributed by atoms with van der Waals surface area (Å²) in [5, 5.41) is 22.2. The van der Waals surface area contributed by atoms with Crippen LogP contribution >= 0.6 is 12.4 Å². The van der Waals surface area contributed by atoms with Crippen LogP contribution in [0.1, 0.15) is 15.9 Å². The van der Waals surface area contributed by atoms with Crippen molar-refractivity contribution in [3.8, 4) is 17.4 Å². The van der Waals surface area contributed by atoms with E-state index in [9.17, 15) is 15.0 Å². The Balaban J connectivity index is 0.00000180. The molecule has 6 nitrogen and oxygen atoms in total. The second-order valence-corrected chi connectivity index (χ2v) is 3.82. The first-order valence-electron chi connectivity index (χ1n) is 5.17. The highest BCUT2D eigenvalue weighted by Crippen LogP contribution is 2.29. The third-order valence-electron chi connectivity index (χ3n) is 2.57. The number of aryl methyl sites for hydroxylation is 1. The lowest BCUT2D eigenvalue weighted by atomic mass is 10.1. The first-order valence-corrected chi connectivity index (χ1v) is 5.17. The zero-order valence-corrected chi connectivity index (χ0v) is 10.8. The van der Waals surface area contributed by atoms with Crippen LogP contribution in [0.3, 0.4) is 0 Å². The van der Waals surface area contributed by atoms with Crippen molar-refractivity contribution >= 4 is 18.3 Å².